The van der Waals surface area contributed by atoms with Gasteiger partial charge in [-0.15, -0.1) is 0 Å². The minimum absolute atomic E-state index is 0.00821. The highest BCUT2D eigenvalue weighted by Crippen LogP contribution is 2.26. The lowest BCUT2D eigenvalue weighted by atomic mass is 9.90. The van der Waals surface area contributed by atoms with Crippen molar-refractivity contribution in [2.45, 2.75) is 31.7 Å². The first-order chi connectivity index (χ1) is 9.13. The average Bonchev–Trinajstić information content (AvgIpc) is 2.34. The summed E-state index contributed by atoms with van der Waals surface area (Å²) >= 11 is 0. The van der Waals surface area contributed by atoms with Gasteiger partial charge in [0.05, 0.1) is 0 Å². The van der Waals surface area contributed by atoms with Gasteiger partial charge in [-0.3, -0.25) is 4.79 Å². The maximum absolute atomic E-state index is 13.2. The molecule has 1 aliphatic carbocycles. The van der Waals surface area contributed by atoms with Crippen LogP contribution < -0.4 is 0 Å². The minimum Gasteiger partial charge on any atom is -0.396 e. The van der Waals surface area contributed by atoms with Crippen molar-refractivity contribution in [2.24, 2.45) is 0 Å². The molecule has 0 atom stereocenters. The number of rotatable bonds is 5. The van der Waals surface area contributed by atoms with Gasteiger partial charge in [-0.25, -0.2) is 8.78 Å². The van der Waals surface area contributed by atoms with Gasteiger partial charge in [0.1, 0.15) is 0 Å². The fourth-order valence-electron chi connectivity index (χ4n) is 2.18. The van der Waals surface area contributed by atoms with Gasteiger partial charge in [0, 0.05) is 24.8 Å². The monoisotopic (exact) mass is 269 g/mol. The number of hydrogen-bond acceptors (Lipinski definition) is 2. The summed E-state index contributed by atoms with van der Waals surface area (Å²) < 4.78 is 26.0. The van der Waals surface area contributed by atoms with E-state index in [1.54, 1.807) is 4.90 Å². The summed E-state index contributed by atoms with van der Waals surface area (Å²) in [5, 5.41) is 8.87. The first-order valence-corrected chi connectivity index (χ1v) is 6.50. The molecule has 0 unspecified atom stereocenters. The molecule has 2 rings (SSSR count). The second-order valence-electron chi connectivity index (χ2n) is 4.79. The molecule has 104 valence electrons. The molecule has 0 radical (unpaired) electrons. The third-order valence-electron chi connectivity index (χ3n) is 3.50. The summed E-state index contributed by atoms with van der Waals surface area (Å²) in [5.41, 5.74) is 0.156. The summed E-state index contributed by atoms with van der Waals surface area (Å²) in [6, 6.07) is 3.36. The van der Waals surface area contributed by atoms with Gasteiger partial charge in [-0.05, 0) is 43.9 Å². The van der Waals surface area contributed by atoms with Crippen molar-refractivity contribution in [3.63, 3.8) is 0 Å². The largest absolute Gasteiger partial charge is 0.396 e. The SMILES string of the molecule is O=C(c1ccc(F)c(F)c1)N(CCCO)C1CCC1. The highest BCUT2D eigenvalue weighted by molar-refractivity contribution is 5.94. The van der Waals surface area contributed by atoms with Crippen molar-refractivity contribution in [1.82, 2.24) is 4.90 Å². The lowest BCUT2D eigenvalue weighted by Crippen LogP contribution is -2.45. The number of hydrogen-bond donors (Lipinski definition) is 1. The Morgan fingerprint density at radius 3 is 2.58 bits per heavy atom. The zero-order valence-corrected chi connectivity index (χ0v) is 10.6. The summed E-state index contributed by atoms with van der Waals surface area (Å²) in [7, 11) is 0. The number of nitrogens with zero attached hydrogens (tertiary/aromatic N) is 1. The van der Waals surface area contributed by atoms with Crippen LogP contribution in [0.5, 0.6) is 0 Å². The molecule has 0 spiro atoms. The Kier molecular flexibility index (Phi) is 4.47. The fourth-order valence-corrected chi connectivity index (χ4v) is 2.18. The Hall–Kier alpha value is -1.49. The molecule has 3 nitrogen and oxygen atoms in total. The maximum Gasteiger partial charge on any atom is 0.254 e. The molecule has 0 bridgehead atoms. The van der Waals surface area contributed by atoms with Crippen molar-refractivity contribution in [3.8, 4) is 0 Å². The Labute approximate surface area is 110 Å². The molecular weight excluding hydrogens is 252 g/mol. The van der Waals surface area contributed by atoms with Gasteiger partial charge >= 0.3 is 0 Å². The molecule has 0 heterocycles. The van der Waals surface area contributed by atoms with Crippen LogP contribution in [-0.2, 0) is 0 Å². The van der Waals surface area contributed by atoms with E-state index in [-0.39, 0.29) is 24.1 Å². The van der Waals surface area contributed by atoms with E-state index in [9.17, 15) is 13.6 Å². The van der Waals surface area contributed by atoms with E-state index in [1.165, 1.54) is 6.07 Å². The number of carbonyl (C=O) groups is 1. The normalized spacial score (nSPS) is 15.1. The molecule has 1 aromatic rings. The van der Waals surface area contributed by atoms with E-state index in [0.717, 1.165) is 31.4 Å². The van der Waals surface area contributed by atoms with Crippen LogP contribution in [0.4, 0.5) is 8.78 Å². The second-order valence-corrected chi connectivity index (χ2v) is 4.79. The summed E-state index contributed by atoms with van der Waals surface area (Å²) in [5.74, 6) is -2.26. The topological polar surface area (TPSA) is 40.5 Å². The van der Waals surface area contributed by atoms with Gasteiger partial charge < -0.3 is 10.0 Å². The van der Waals surface area contributed by atoms with Crippen molar-refractivity contribution in [1.29, 1.82) is 0 Å². The van der Waals surface area contributed by atoms with Crippen molar-refractivity contribution in [2.75, 3.05) is 13.2 Å². The third kappa shape index (κ3) is 3.10. The van der Waals surface area contributed by atoms with Gasteiger partial charge in [-0.1, -0.05) is 0 Å². The van der Waals surface area contributed by atoms with E-state index >= 15 is 0 Å². The Bertz CT molecular complexity index is 461. The maximum atomic E-state index is 13.2. The molecule has 1 N–H and O–H groups in total. The summed E-state index contributed by atoms with van der Waals surface area (Å²) in [6.07, 6.45) is 3.43. The van der Waals surface area contributed by atoms with Crippen molar-refractivity contribution >= 4 is 5.91 Å². The van der Waals surface area contributed by atoms with Crippen LogP contribution in [0.15, 0.2) is 18.2 Å². The molecule has 1 saturated carbocycles. The molecule has 1 amide bonds. The molecular formula is C14H17F2NO2. The van der Waals surface area contributed by atoms with Crippen LogP contribution in [-0.4, -0.2) is 35.1 Å². The molecule has 19 heavy (non-hydrogen) atoms. The summed E-state index contributed by atoms with van der Waals surface area (Å²) in [6.45, 7) is 0.452. The Morgan fingerprint density at radius 1 is 1.32 bits per heavy atom. The van der Waals surface area contributed by atoms with Gasteiger partial charge in [0.25, 0.3) is 5.91 Å². The lowest BCUT2D eigenvalue weighted by Gasteiger charge is -2.37. The number of halogens is 2. The van der Waals surface area contributed by atoms with Crippen molar-refractivity contribution < 1.29 is 18.7 Å². The van der Waals surface area contributed by atoms with E-state index in [2.05, 4.69) is 0 Å². The van der Waals surface area contributed by atoms with Crippen LogP contribution in [0.1, 0.15) is 36.0 Å². The van der Waals surface area contributed by atoms with Crippen LogP contribution in [0.3, 0.4) is 0 Å². The molecule has 5 heteroatoms. The second kappa shape index (κ2) is 6.10. The van der Waals surface area contributed by atoms with Crippen molar-refractivity contribution in [3.05, 3.63) is 35.4 Å². The summed E-state index contributed by atoms with van der Waals surface area (Å²) in [4.78, 5) is 14.0. The number of aliphatic hydroxyl groups is 1. The number of amides is 1. The highest BCUT2D eigenvalue weighted by atomic mass is 19.2. The number of benzene rings is 1. The van der Waals surface area contributed by atoms with Gasteiger partial charge in [0.2, 0.25) is 0 Å². The number of carbonyl (C=O) groups excluding carboxylic acids is 1. The van der Waals surface area contributed by atoms with E-state index in [0.29, 0.717) is 13.0 Å². The lowest BCUT2D eigenvalue weighted by molar-refractivity contribution is 0.0562. The first kappa shape index (κ1) is 13.9. The first-order valence-electron chi connectivity index (χ1n) is 6.50. The highest BCUT2D eigenvalue weighted by Gasteiger charge is 2.29. The van der Waals surface area contributed by atoms with Gasteiger partial charge in [-0.2, -0.15) is 0 Å². The Balaban J connectivity index is 2.15. The fraction of sp³-hybridized carbons (Fsp3) is 0.500. The molecule has 0 aromatic heterocycles. The smallest absolute Gasteiger partial charge is 0.254 e. The molecule has 0 saturated heterocycles. The molecule has 1 fully saturated rings. The van der Waals surface area contributed by atoms with Crippen LogP contribution >= 0.6 is 0 Å². The molecule has 0 aliphatic heterocycles. The predicted octanol–water partition coefficient (Wildman–Crippen LogP) is 2.34. The molecule has 1 aliphatic rings. The standard InChI is InChI=1S/C14H17F2NO2/c15-12-6-5-10(9-13(12)16)14(19)17(7-2-8-18)11-3-1-4-11/h5-6,9,11,18H,1-4,7-8H2. The zero-order valence-electron chi connectivity index (χ0n) is 10.6. The Morgan fingerprint density at radius 2 is 2.05 bits per heavy atom. The van der Waals surface area contributed by atoms with E-state index < -0.39 is 11.6 Å². The third-order valence-corrected chi connectivity index (χ3v) is 3.50. The molecule has 1 aromatic carbocycles. The zero-order chi connectivity index (χ0) is 13.8. The van der Waals surface area contributed by atoms with E-state index in [1.807, 2.05) is 0 Å². The quantitative estimate of drug-likeness (QED) is 0.891. The minimum atomic E-state index is -1.01. The van der Waals surface area contributed by atoms with Crippen LogP contribution in [0, 0.1) is 11.6 Å². The van der Waals surface area contributed by atoms with E-state index in [4.69, 9.17) is 5.11 Å². The average molecular weight is 269 g/mol. The van der Waals surface area contributed by atoms with Gasteiger partial charge in [0.15, 0.2) is 11.6 Å². The van der Waals surface area contributed by atoms with Crippen LogP contribution in [0.2, 0.25) is 0 Å². The van der Waals surface area contributed by atoms with Crippen LogP contribution in [0.25, 0.3) is 0 Å². The predicted molar refractivity (Wildman–Crippen MR) is 66.7 cm³/mol. The number of aliphatic hydroxyl groups excluding tert-OH is 1.